The number of hydrogen-bond donors (Lipinski definition) is 2. The fourth-order valence-corrected chi connectivity index (χ4v) is 2.23. The fourth-order valence-electron chi connectivity index (χ4n) is 2.23. The van der Waals surface area contributed by atoms with Crippen LogP contribution in [0.1, 0.15) is 31.2 Å². The lowest BCUT2D eigenvalue weighted by Crippen LogP contribution is -2.14. The Hall–Kier alpha value is -1.02. The Balaban J connectivity index is 1.91. The Labute approximate surface area is 92.1 Å². The molecule has 0 heterocycles. The molecule has 1 aliphatic carbocycles. The van der Waals surface area contributed by atoms with Gasteiger partial charge in [-0.1, -0.05) is 25.0 Å². The van der Waals surface area contributed by atoms with E-state index in [-0.39, 0.29) is 0 Å². The number of anilines is 1. The summed E-state index contributed by atoms with van der Waals surface area (Å²) in [5, 5.41) is 6.75. The first-order chi connectivity index (χ1) is 7.38. The summed E-state index contributed by atoms with van der Waals surface area (Å²) in [6.07, 6.45) is 5.43. The maximum Gasteiger partial charge on any atom is 0.0342 e. The first-order valence-corrected chi connectivity index (χ1v) is 5.88. The van der Waals surface area contributed by atoms with Crippen LogP contribution in [0.4, 0.5) is 5.69 Å². The van der Waals surface area contributed by atoms with Gasteiger partial charge in [0.25, 0.3) is 0 Å². The van der Waals surface area contributed by atoms with Crippen molar-refractivity contribution in [1.82, 2.24) is 5.32 Å². The van der Waals surface area contributed by atoms with Crippen molar-refractivity contribution in [1.29, 1.82) is 0 Å². The van der Waals surface area contributed by atoms with Gasteiger partial charge in [0.15, 0.2) is 0 Å². The predicted molar refractivity (Wildman–Crippen MR) is 65.1 cm³/mol. The minimum atomic E-state index is 0.708. The summed E-state index contributed by atoms with van der Waals surface area (Å²) in [4.78, 5) is 0. The van der Waals surface area contributed by atoms with Crippen LogP contribution >= 0.6 is 0 Å². The molecule has 0 aromatic heterocycles. The van der Waals surface area contributed by atoms with E-state index in [2.05, 4.69) is 34.9 Å². The largest absolute Gasteiger partial charge is 0.382 e. The summed E-state index contributed by atoms with van der Waals surface area (Å²) in [7, 11) is 1.98. The Kier molecular flexibility index (Phi) is 3.62. The summed E-state index contributed by atoms with van der Waals surface area (Å²) in [6.45, 7) is 0.948. The highest BCUT2D eigenvalue weighted by molar-refractivity contribution is 5.45. The van der Waals surface area contributed by atoms with E-state index in [4.69, 9.17) is 0 Å². The van der Waals surface area contributed by atoms with Gasteiger partial charge in [0.05, 0.1) is 0 Å². The average Bonchev–Trinajstić information content (AvgIpc) is 2.74. The van der Waals surface area contributed by atoms with Gasteiger partial charge in [0, 0.05) is 18.3 Å². The third kappa shape index (κ3) is 2.96. The number of hydrogen-bond acceptors (Lipinski definition) is 2. The predicted octanol–water partition coefficient (Wildman–Crippen LogP) is 2.76. The molecule has 0 unspecified atom stereocenters. The van der Waals surface area contributed by atoms with Gasteiger partial charge < -0.3 is 10.6 Å². The summed E-state index contributed by atoms with van der Waals surface area (Å²) >= 11 is 0. The van der Waals surface area contributed by atoms with Crippen molar-refractivity contribution in [3.8, 4) is 0 Å². The Morgan fingerprint density at radius 1 is 1.13 bits per heavy atom. The molecule has 0 radical (unpaired) electrons. The van der Waals surface area contributed by atoms with E-state index in [9.17, 15) is 0 Å². The molecule has 2 N–H and O–H groups in total. The zero-order valence-corrected chi connectivity index (χ0v) is 9.42. The van der Waals surface area contributed by atoms with E-state index in [1.54, 1.807) is 0 Å². The molecule has 1 saturated carbocycles. The molecule has 82 valence electrons. The maximum atomic E-state index is 3.59. The van der Waals surface area contributed by atoms with Crippen molar-refractivity contribution >= 4 is 5.69 Å². The van der Waals surface area contributed by atoms with Gasteiger partial charge in [-0.25, -0.2) is 0 Å². The average molecular weight is 204 g/mol. The molecule has 0 spiro atoms. The van der Waals surface area contributed by atoms with Gasteiger partial charge in [-0.15, -0.1) is 0 Å². The van der Waals surface area contributed by atoms with Crippen LogP contribution in [0.25, 0.3) is 0 Å². The molecule has 15 heavy (non-hydrogen) atoms. The van der Waals surface area contributed by atoms with Crippen LogP contribution in [-0.2, 0) is 6.54 Å². The smallest absolute Gasteiger partial charge is 0.0342 e. The molecule has 2 nitrogen and oxygen atoms in total. The summed E-state index contributed by atoms with van der Waals surface area (Å²) in [5.41, 5.74) is 2.61. The molecule has 0 amide bonds. The van der Waals surface area contributed by atoms with Gasteiger partial charge >= 0.3 is 0 Å². The van der Waals surface area contributed by atoms with E-state index in [0.29, 0.717) is 6.04 Å². The lowest BCUT2D eigenvalue weighted by atomic mass is 10.2. The number of nitrogens with one attached hydrogen (secondary N) is 2. The van der Waals surface area contributed by atoms with Crippen molar-refractivity contribution < 1.29 is 0 Å². The molecule has 0 atom stereocenters. The van der Waals surface area contributed by atoms with Gasteiger partial charge in [0.1, 0.15) is 0 Å². The van der Waals surface area contributed by atoms with Crippen molar-refractivity contribution in [2.75, 3.05) is 12.4 Å². The molecule has 1 aliphatic rings. The van der Waals surface area contributed by atoms with Gasteiger partial charge in [-0.2, -0.15) is 0 Å². The second kappa shape index (κ2) is 5.17. The minimum Gasteiger partial charge on any atom is -0.382 e. The molecule has 0 bridgehead atoms. The second-order valence-corrected chi connectivity index (χ2v) is 4.35. The quantitative estimate of drug-likeness (QED) is 0.788. The Bertz CT molecular complexity index is 286. The minimum absolute atomic E-state index is 0.708. The number of rotatable bonds is 4. The Morgan fingerprint density at radius 3 is 2.40 bits per heavy atom. The van der Waals surface area contributed by atoms with Crippen LogP contribution in [-0.4, -0.2) is 13.1 Å². The lowest BCUT2D eigenvalue weighted by molar-refractivity contribution is 0.755. The highest BCUT2D eigenvalue weighted by atomic mass is 14.9. The van der Waals surface area contributed by atoms with Crippen molar-refractivity contribution in [2.45, 2.75) is 38.3 Å². The lowest BCUT2D eigenvalue weighted by Gasteiger charge is -2.13. The number of benzene rings is 1. The van der Waals surface area contributed by atoms with Gasteiger partial charge in [-0.3, -0.25) is 0 Å². The van der Waals surface area contributed by atoms with Crippen LogP contribution < -0.4 is 10.6 Å². The molecular weight excluding hydrogens is 184 g/mol. The zero-order chi connectivity index (χ0) is 10.5. The van der Waals surface area contributed by atoms with Gasteiger partial charge in [-0.05, 0) is 37.6 Å². The second-order valence-electron chi connectivity index (χ2n) is 4.35. The third-order valence-corrected chi connectivity index (χ3v) is 3.06. The highest BCUT2D eigenvalue weighted by Gasteiger charge is 2.13. The maximum absolute atomic E-state index is 3.59. The molecule has 1 fully saturated rings. The summed E-state index contributed by atoms with van der Waals surface area (Å²) in [5.74, 6) is 0. The summed E-state index contributed by atoms with van der Waals surface area (Å²) in [6, 6.07) is 9.46. The standard InChI is InChI=1S/C13H20N2/c1-14-10-11-6-8-13(9-7-11)15-12-4-2-3-5-12/h6-9,12,14-15H,2-5,10H2,1H3. The van der Waals surface area contributed by atoms with Crippen LogP contribution in [0.15, 0.2) is 24.3 Å². The van der Waals surface area contributed by atoms with Crippen molar-refractivity contribution in [3.05, 3.63) is 29.8 Å². The molecule has 1 aromatic rings. The molecule has 1 aromatic carbocycles. The van der Waals surface area contributed by atoms with Crippen LogP contribution in [0.2, 0.25) is 0 Å². The van der Waals surface area contributed by atoms with E-state index >= 15 is 0 Å². The SMILES string of the molecule is CNCc1ccc(NC2CCCC2)cc1. The molecule has 2 heteroatoms. The van der Waals surface area contributed by atoms with Crippen molar-refractivity contribution in [3.63, 3.8) is 0 Å². The van der Waals surface area contributed by atoms with E-state index in [1.165, 1.54) is 36.9 Å². The van der Waals surface area contributed by atoms with Crippen LogP contribution in [0.5, 0.6) is 0 Å². The van der Waals surface area contributed by atoms with E-state index in [0.717, 1.165) is 6.54 Å². The molecule has 0 aliphatic heterocycles. The fraction of sp³-hybridized carbons (Fsp3) is 0.538. The zero-order valence-electron chi connectivity index (χ0n) is 9.42. The normalized spacial score (nSPS) is 16.9. The topological polar surface area (TPSA) is 24.1 Å². The molecule has 0 saturated heterocycles. The van der Waals surface area contributed by atoms with Gasteiger partial charge in [0.2, 0.25) is 0 Å². The van der Waals surface area contributed by atoms with Crippen LogP contribution in [0.3, 0.4) is 0 Å². The molecule has 2 rings (SSSR count). The highest BCUT2D eigenvalue weighted by Crippen LogP contribution is 2.22. The van der Waals surface area contributed by atoms with E-state index < -0.39 is 0 Å². The van der Waals surface area contributed by atoms with Crippen LogP contribution in [0, 0.1) is 0 Å². The first-order valence-electron chi connectivity index (χ1n) is 5.88. The van der Waals surface area contributed by atoms with E-state index in [1.807, 2.05) is 7.05 Å². The third-order valence-electron chi connectivity index (χ3n) is 3.06. The first kappa shape index (κ1) is 10.5. The molecular formula is C13H20N2. The van der Waals surface area contributed by atoms with Crippen molar-refractivity contribution in [2.24, 2.45) is 0 Å². The Morgan fingerprint density at radius 2 is 1.80 bits per heavy atom. The monoisotopic (exact) mass is 204 g/mol. The summed E-state index contributed by atoms with van der Waals surface area (Å²) < 4.78 is 0.